The minimum Gasteiger partial charge on any atom is -0.478 e. The predicted molar refractivity (Wildman–Crippen MR) is 107 cm³/mol. The molecule has 1 N–H and O–H groups in total. The van der Waals surface area contributed by atoms with Crippen LogP contribution >= 0.6 is 11.6 Å². The van der Waals surface area contributed by atoms with Crippen molar-refractivity contribution in [3.05, 3.63) is 83.4 Å². The van der Waals surface area contributed by atoms with Gasteiger partial charge in [0.25, 0.3) is 0 Å². The first-order valence-corrected chi connectivity index (χ1v) is 8.76. The van der Waals surface area contributed by atoms with Crippen molar-refractivity contribution < 1.29 is 14.6 Å². The zero-order valence-corrected chi connectivity index (χ0v) is 15.3. The second kappa shape index (κ2) is 6.82. The normalized spacial score (nSPS) is 10.9. The molecule has 0 fully saturated rings. The molecule has 27 heavy (non-hydrogen) atoms. The summed E-state index contributed by atoms with van der Waals surface area (Å²) in [7, 11) is 2.03. The molecule has 0 aliphatic heterocycles. The highest BCUT2D eigenvalue weighted by atomic mass is 35.5. The fourth-order valence-electron chi connectivity index (χ4n) is 3.12. The molecular weight excluding hydrogens is 362 g/mol. The van der Waals surface area contributed by atoms with Crippen molar-refractivity contribution in [2.45, 2.75) is 0 Å². The van der Waals surface area contributed by atoms with Gasteiger partial charge in [-0.2, -0.15) is 0 Å². The van der Waals surface area contributed by atoms with E-state index in [1.807, 2.05) is 43.4 Å². The molecule has 0 atom stereocenters. The molecule has 1 heterocycles. The largest absolute Gasteiger partial charge is 0.478 e. The van der Waals surface area contributed by atoms with E-state index in [0.717, 1.165) is 22.2 Å². The Morgan fingerprint density at radius 1 is 1.00 bits per heavy atom. The molecule has 0 amide bonds. The van der Waals surface area contributed by atoms with Crippen LogP contribution in [0.25, 0.3) is 22.2 Å². The first kappa shape index (κ1) is 17.2. The van der Waals surface area contributed by atoms with Crippen LogP contribution in [0.4, 0.5) is 0 Å². The zero-order valence-electron chi connectivity index (χ0n) is 14.5. The number of aryl methyl sites for hydroxylation is 1. The van der Waals surface area contributed by atoms with E-state index in [2.05, 4.69) is 22.8 Å². The lowest BCUT2D eigenvalue weighted by atomic mass is 10.1. The number of nitrogens with zero attached hydrogens (tertiary/aromatic N) is 1. The highest BCUT2D eigenvalue weighted by Crippen LogP contribution is 2.34. The molecular formula is C22H16ClNO3. The second-order valence-electron chi connectivity index (χ2n) is 6.23. The van der Waals surface area contributed by atoms with E-state index in [1.54, 1.807) is 6.07 Å². The highest BCUT2D eigenvalue weighted by molar-refractivity contribution is 6.32. The minimum absolute atomic E-state index is 0.123. The molecule has 0 bridgehead atoms. The average molecular weight is 378 g/mol. The Kier molecular flexibility index (Phi) is 4.34. The summed E-state index contributed by atoms with van der Waals surface area (Å²) in [5.41, 5.74) is 3.48. The maximum absolute atomic E-state index is 11.0. The third-order valence-corrected chi connectivity index (χ3v) is 4.79. The molecule has 0 saturated heterocycles. The standard InChI is InChI=1S/C22H16ClNO3/c1-24-19-9-8-17(27-21-10-7-15(22(25)26)12-18(21)23)11-16(19)13-20(24)14-5-3-2-4-6-14/h2-13H,1H3,(H,25,26). The fraction of sp³-hybridized carbons (Fsp3) is 0.0455. The zero-order chi connectivity index (χ0) is 19.0. The lowest BCUT2D eigenvalue weighted by Gasteiger charge is -2.09. The Bertz CT molecular complexity index is 1150. The smallest absolute Gasteiger partial charge is 0.335 e. The molecule has 0 aliphatic carbocycles. The van der Waals surface area contributed by atoms with Crippen molar-refractivity contribution in [3.63, 3.8) is 0 Å². The summed E-state index contributed by atoms with van der Waals surface area (Å²) in [6.45, 7) is 0. The summed E-state index contributed by atoms with van der Waals surface area (Å²) < 4.78 is 8.01. The maximum atomic E-state index is 11.0. The van der Waals surface area contributed by atoms with Crippen LogP contribution in [0.15, 0.2) is 72.8 Å². The number of halogens is 1. The SMILES string of the molecule is Cn1c(-c2ccccc2)cc2cc(Oc3ccc(C(=O)O)cc3Cl)ccc21. The fourth-order valence-corrected chi connectivity index (χ4v) is 3.34. The van der Waals surface area contributed by atoms with Gasteiger partial charge in [0.1, 0.15) is 11.5 Å². The van der Waals surface area contributed by atoms with E-state index in [-0.39, 0.29) is 10.6 Å². The lowest BCUT2D eigenvalue weighted by molar-refractivity contribution is 0.0697. The molecule has 134 valence electrons. The van der Waals surface area contributed by atoms with E-state index >= 15 is 0 Å². The topological polar surface area (TPSA) is 51.5 Å². The number of aromatic carboxylic acids is 1. The van der Waals surface area contributed by atoms with Gasteiger partial charge in [-0.25, -0.2) is 4.79 Å². The maximum Gasteiger partial charge on any atom is 0.335 e. The summed E-state index contributed by atoms with van der Waals surface area (Å²) in [5, 5.41) is 10.3. The van der Waals surface area contributed by atoms with Gasteiger partial charge in [-0.1, -0.05) is 41.9 Å². The Morgan fingerprint density at radius 2 is 1.78 bits per heavy atom. The monoisotopic (exact) mass is 377 g/mol. The van der Waals surface area contributed by atoms with Crippen LogP contribution in [0.5, 0.6) is 11.5 Å². The van der Waals surface area contributed by atoms with Crippen LogP contribution in [0, 0.1) is 0 Å². The summed E-state index contributed by atoms with van der Waals surface area (Å²) >= 11 is 6.16. The molecule has 0 radical (unpaired) electrons. The van der Waals surface area contributed by atoms with Crippen LogP contribution in [0.3, 0.4) is 0 Å². The second-order valence-corrected chi connectivity index (χ2v) is 6.63. The summed E-state index contributed by atoms with van der Waals surface area (Å²) in [5.74, 6) is 0.0283. The Balaban J connectivity index is 1.69. The number of fused-ring (bicyclic) bond motifs is 1. The number of hydrogen-bond acceptors (Lipinski definition) is 2. The summed E-state index contributed by atoms with van der Waals surface area (Å²) in [4.78, 5) is 11.0. The van der Waals surface area contributed by atoms with Crippen LogP contribution in [0.2, 0.25) is 5.02 Å². The first-order chi connectivity index (χ1) is 13.0. The third kappa shape index (κ3) is 3.27. The minimum atomic E-state index is -1.03. The number of hydrogen-bond donors (Lipinski definition) is 1. The van der Waals surface area contributed by atoms with Gasteiger partial charge in [-0.15, -0.1) is 0 Å². The van der Waals surface area contributed by atoms with E-state index < -0.39 is 5.97 Å². The number of carbonyl (C=O) groups is 1. The van der Waals surface area contributed by atoms with Crippen LogP contribution < -0.4 is 4.74 Å². The molecule has 4 aromatic rings. The van der Waals surface area contributed by atoms with E-state index in [4.69, 9.17) is 21.4 Å². The molecule has 0 spiro atoms. The molecule has 3 aromatic carbocycles. The van der Waals surface area contributed by atoms with Crippen LogP contribution in [-0.4, -0.2) is 15.6 Å². The van der Waals surface area contributed by atoms with Crippen molar-refractivity contribution >= 4 is 28.5 Å². The van der Waals surface area contributed by atoms with Crippen molar-refractivity contribution in [1.29, 1.82) is 0 Å². The first-order valence-electron chi connectivity index (χ1n) is 8.38. The van der Waals surface area contributed by atoms with Gasteiger partial charge in [0, 0.05) is 23.6 Å². The molecule has 0 saturated carbocycles. The number of rotatable bonds is 4. The molecule has 4 rings (SSSR count). The number of carboxylic acid groups (broad SMARTS) is 1. The highest BCUT2D eigenvalue weighted by Gasteiger charge is 2.11. The van der Waals surface area contributed by atoms with Crippen LogP contribution in [-0.2, 0) is 7.05 Å². The number of aromatic nitrogens is 1. The molecule has 1 aromatic heterocycles. The van der Waals surface area contributed by atoms with Gasteiger partial charge in [0.05, 0.1) is 10.6 Å². The van der Waals surface area contributed by atoms with E-state index in [1.165, 1.54) is 12.1 Å². The van der Waals surface area contributed by atoms with Gasteiger partial charge >= 0.3 is 5.97 Å². The number of carboxylic acids is 1. The molecule has 5 heteroatoms. The van der Waals surface area contributed by atoms with Gasteiger partial charge in [0.2, 0.25) is 0 Å². The van der Waals surface area contributed by atoms with Crippen LogP contribution in [0.1, 0.15) is 10.4 Å². The van der Waals surface area contributed by atoms with Gasteiger partial charge in [-0.3, -0.25) is 0 Å². The molecule has 0 unspecified atom stereocenters. The van der Waals surface area contributed by atoms with E-state index in [9.17, 15) is 4.79 Å². The quantitative estimate of drug-likeness (QED) is 0.475. The van der Waals surface area contributed by atoms with Crippen molar-refractivity contribution in [1.82, 2.24) is 4.57 Å². The Labute approximate surface area is 161 Å². The van der Waals surface area contributed by atoms with Crippen molar-refractivity contribution in [2.24, 2.45) is 7.05 Å². The van der Waals surface area contributed by atoms with Gasteiger partial charge in [-0.05, 0) is 48.0 Å². The third-order valence-electron chi connectivity index (χ3n) is 4.49. The van der Waals surface area contributed by atoms with Gasteiger partial charge in [0.15, 0.2) is 0 Å². The number of ether oxygens (including phenoxy) is 1. The molecule has 4 nitrogen and oxygen atoms in total. The molecule has 0 aliphatic rings. The van der Waals surface area contributed by atoms with Gasteiger partial charge < -0.3 is 14.4 Å². The van der Waals surface area contributed by atoms with E-state index in [0.29, 0.717) is 11.5 Å². The van der Waals surface area contributed by atoms with Crippen molar-refractivity contribution in [2.75, 3.05) is 0 Å². The predicted octanol–water partition coefficient (Wildman–Crippen LogP) is 5.99. The Morgan fingerprint density at radius 3 is 2.48 bits per heavy atom. The summed E-state index contributed by atoms with van der Waals surface area (Å²) in [6.07, 6.45) is 0. The lowest BCUT2D eigenvalue weighted by Crippen LogP contribution is -1.96. The Hall–Kier alpha value is -3.24. The van der Waals surface area contributed by atoms with Crippen molar-refractivity contribution in [3.8, 4) is 22.8 Å². The average Bonchev–Trinajstić information content (AvgIpc) is 3.00. The number of benzene rings is 3. The summed E-state index contributed by atoms with van der Waals surface area (Å²) in [6, 6.07) is 22.5.